The summed E-state index contributed by atoms with van der Waals surface area (Å²) >= 11 is 4.14. The largest absolute Gasteiger partial charge is 0.321 e. The molecule has 0 spiro atoms. The van der Waals surface area contributed by atoms with E-state index in [1.54, 1.807) is 42.5 Å². The lowest BCUT2D eigenvalue weighted by Crippen LogP contribution is -2.30. The Balaban J connectivity index is 1.37. The number of carbonyl (C=O) groups excluding carboxylic acids is 3. The molecule has 4 aromatic rings. The van der Waals surface area contributed by atoms with Crippen LogP contribution in [0.4, 0.5) is 10.8 Å². The van der Waals surface area contributed by atoms with E-state index in [0.29, 0.717) is 16.4 Å². The highest BCUT2D eigenvalue weighted by Gasteiger charge is 2.15. The summed E-state index contributed by atoms with van der Waals surface area (Å²) in [6.07, 6.45) is 1.64. The molecule has 0 fully saturated rings. The Hall–Kier alpha value is -3.80. The van der Waals surface area contributed by atoms with Crippen LogP contribution in [0, 0.1) is 6.92 Å². The molecule has 2 heterocycles. The van der Waals surface area contributed by atoms with Crippen molar-refractivity contribution < 1.29 is 14.4 Å². The van der Waals surface area contributed by atoms with E-state index < -0.39 is 5.91 Å². The molecule has 2 aromatic carbocycles. The van der Waals surface area contributed by atoms with E-state index in [1.807, 2.05) is 42.6 Å². The highest BCUT2D eigenvalue weighted by atomic mass is 32.2. The number of nitrogens with zero attached hydrogens (tertiary/aromatic N) is 2. The van der Waals surface area contributed by atoms with Crippen molar-refractivity contribution in [3.05, 3.63) is 93.3 Å². The first kappa shape index (κ1) is 25.3. The van der Waals surface area contributed by atoms with Gasteiger partial charge in [0, 0.05) is 21.0 Å². The van der Waals surface area contributed by atoms with Crippen molar-refractivity contribution >= 4 is 69.1 Å². The average molecular weight is 536 g/mol. The van der Waals surface area contributed by atoms with Gasteiger partial charge < -0.3 is 10.6 Å². The van der Waals surface area contributed by atoms with Crippen LogP contribution in [0.5, 0.6) is 0 Å². The summed E-state index contributed by atoms with van der Waals surface area (Å²) in [5.74, 6) is -0.781. The molecule has 0 aliphatic rings. The monoisotopic (exact) mass is 535 g/mol. The zero-order valence-corrected chi connectivity index (χ0v) is 21.5. The molecule has 0 unspecified atom stereocenters. The van der Waals surface area contributed by atoms with E-state index in [9.17, 15) is 14.4 Å². The number of hydrogen-bond acceptors (Lipinski definition) is 8. The van der Waals surface area contributed by atoms with Gasteiger partial charge in [-0.15, -0.1) is 33.3 Å². The summed E-state index contributed by atoms with van der Waals surface area (Å²) in [6.45, 7) is 1.82. The molecule has 0 atom stereocenters. The summed E-state index contributed by atoms with van der Waals surface area (Å²) in [4.78, 5) is 39.5. The molecule has 3 N–H and O–H groups in total. The van der Waals surface area contributed by atoms with Crippen LogP contribution in [0.1, 0.15) is 20.2 Å². The van der Waals surface area contributed by atoms with Crippen molar-refractivity contribution in [3.8, 4) is 0 Å². The number of carbonyl (C=O) groups is 3. The number of nitrogens with one attached hydrogen (secondary N) is 3. The molecular weight excluding hydrogens is 515 g/mol. The quantitative estimate of drug-likeness (QED) is 0.204. The Labute approximate surface area is 219 Å². The van der Waals surface area contributed by atoms with Crippen molar-refractivity contribution in [1.82, 2.24) is 15.5 Å². The Kier molecular flexibility index (Phi) is 8.61. The number of amides is 3. The van der Waals surface area contributed by atoms with E-state index in [4.69, 9.17) is 0 Å². The maximum Gasteiger partial charge on any atom is 0.272 e. The molecule has 2 aromatic heterocycles. The molecule has 0 radical (unpaired) electrons. The van der Waals surface area contributed by atoms with Crippen LogP contribution in [-0.2, 0) is 9.59 Å². The van der Waals surface area contributed by atoms with Gasteiger partial charge in [0.25, 0.3) is 11.8 Å². The minimum absolute atomic E-state index is 0.133. The van der Waals surface area contributed by atoms with Crippen LogP contribution in [0.2, 0.25) is 0 Å². The predicted octanol–water partition coefficient (Wildman–Crippen LogP) is 5.05. The zero-order chi connectivity index (χ0) is 25.3. The second kappa shape index (κ2) is 12.2. The minimum atomic E-state index is -0.445. The maximum atomic E-state index is 13.0. The van der Waals surface area contributed by atoms with E-state index in [2.05, 4.69) is 26.1 Å². The highest BCUT2D eigenvalue weighted by molar-refractivity contribution is 8.00. The van der Waals surface area contributed by atoms with Crippen LogP contribution in [0.3, 0.4) is 0 Å². The lowest BCUT2D eigenvalue weighted by atomic mass is 10.2. The van der Waals surface area contributed by atoms with Gasteiger partial charge in [-0.1, -0.05) is 35.6 Å². The number of benzene rings is 2. The van der Waals surface area contributed by atoms with Crippen molar-refractivity contribution in [2.75, 3.05) is 16.4 Å². The summed E-state index contributed by atoms with van der Waals surface area (Å²) in [5.41, 5.74) is 1.14. The van der Waals surface area contributed by atoms with Crippen LogP contribution in [-0.4, -0.2) is 33.7 Å². The first-order chi connectivity index (χ1) is 17.5. The van der Waals surface area contributed by atoms with E-state index in [-0.39, 0.29) is 23.3 Å². The van der Waals surface area contributed by atoms with Crippen LogP contribution in [0.15, 0.2) is 82.7 Å². The second-order valence-electron chi connectivity index (χ2n) is 7.34. The number of aromatic nitrogens is 2. The van der Waals surface area contributed by atoms with Gasteiger partial charge in [-0.2, -0.15) is 0 Å². The van der Waals surface area contributed by atoms with Gasteiger partial charge in [0.15, 0.2) is 0 Å². The summed E-state index contributed by atoms with van der Waals surface area (Å²) in [7, 11) is 0. The molecule has 182 valence electrons. The summed E-state index contributed by atoms with van der Waals surface area (Å²) in [6, 6.07) is 19.6. The molecule has 0 saturated carbocycles. The predicted molar refractivity (Wildman–Crippen MR) is 145 cm³/mol. The standard InChI is InChI=1S/C25H21N5O3S3/c1-16-29-30-25(36-16)28-22(31)15-35-19-11-9-18(10-12-19)26-24(33)21(14-20-8-5-13-34-20)27-23(32)17-6-3-2-4-7-17/h2-14H,15H2,1H3,(H,26,33)(H,27,32)(H,28,30,31). The van der Waals surface area contributed by atoms with E-state index in [1.165, 1.54) is 34.4 Å². The van der Waals surface area contributed by atoms with Gasteiger partial charge in [-0.3, -0.25) is 19.7 Å². The molecule has 36 heavy (non-hydrogen) atoms. The average Bonchev–Trinajstić information content (AvgIpc) is 3.55. The third kappa shape index (κ3) is 7.35. The lowest BCUT2D eigenvalue weighted by molar-refractivity contribution is -0.114. The first-order valence-corrected chi connectivity index (χ1v) is 13.4. The van der Waals surface area contributed by atoms with Crippen molar-refractivity contribution in [2.24, 2.45) is 0 Å². The van der Waals surface area contributed by atoms with Gasteiger partial charge >= 0.3 is 0 Å². The molecular formula is C25H21N5O3S3. The maximum absolute atomic E-state index is 13.0. The van der Waals surface area contributed by atoms with Gasteiger partial charge in [-0.05, 0) is 60.8 Å². The molecule has 0 saturated heterocycles. The number of thioether (sulfide) groups is 1. The fourth-order valence-corrected chi connectivity index (χ4v) is 4.91. The molecule has 8 nitrogen and oxygen atoms in total. The Morgan fingerprint density at radius 1 is 0.944 bits per heavy atom. The smallest absolute Gasteiger partial charge is 0.272 e. The second-order valence-corrected chi connectivity index (χ2v) is 10.5. The van der Waals surface area contributed by atoms with E-state index in [0.717, 1.165) is 14.8 Å². The lowest BCUT2D eigenvalue weighted by Gasteiger charge is -2.11. The molecule has 0 bridgehead atoms. The summed E-state index contributed by atoms with van der Waals surface area (Å²) < 4.78 is 0. The Morgan fingerprint density at radius 3 is 2.39 bits per heavy atom. The summed E-state index contributed by atoms with van der Waals surface area (Å²) in [5, 5.41) is 19.2. The number of anilines is 2. The van der Waals surface area contributed by atoms with Crippen LogP contribution >= 0.6 is 34.4 Å². The van der Waals surface area contributed by atoms with Gasteiger partial charge in [0.2, 0.25) is 11.0 Å². The fourth-order valence-electron chi connectivity index (χ4n) is 2.94. The normalized spacial score (nSPS) is 11.1. The Morgan fingerprint density at radius 2 is 1.72 bits per heavy atom. The number of thiophene rings is 1. The third-order valence-electron chi connectivity index (χ3n) is 4.61. The molecule has 4 rings (SSSR count). The van der Waals surface area contributed by atoms with E-state index >= 15 is 0 Å². The highest BCUT2D eigenvalue weighted by Crippen LogP contribution is 2.22. The van der Waals surface area contributed by atoms with Crippen molar-refractivity contribution in [1.29, 1.82) is 0 Å². The fraction of sp³-hybridized carbons (Fsp3) is 0.0800. The zero-order valence-electron chi connectivity index (χ0n) is 19.1. The first-order valence-electron chi connectivity index (χ1n) is 10.7. The van der Waals surface area contributed by atoms with Gasteiger partial charge in [0.05, 0.1) is 5.75 Å². The number of aryl methyl sites for hydroxylation is 1. The minimum Gasteiger partial charge on any atom is -0.321 e. The Bertz CT molecular complexity index is 1370. The molecule has 0 aliphatic heterocycles. The third-order valence-corrected chi connectivity index (χ3v) is 7.20. The van der Waals surface area contributed by atoms with Crippen molar-refractivity contribution in [2.45, 2.75) is 11.8 Å². The van der Waals surface area contributed by atoms with Crippen molar-refractivity contribution in [3.63, 3.8) is 0 Å². The SMILES string of the molecule is Cc1nnc(NC(=O)CSc2ccc(NC(=O)C(=Cc3cccs3)NC(=O)c3ccccc3)cc2)s1. The van der Waals surface area contributed by atoms with Crippen LogP contribution < -0.4 is 16.0 Å². The molecule has 11 heteroatoms. The number of rotatable bonds is 9. The topological polar surface area (TPSA) is 113 Å². The van der Waals surface area contributed by atoms with Crippen LogP contribution in [0.25, 0.3) is 6.08 Å². The molecule has 3 amide bonds. The van der Waals surface area contributed by atoms with Gasteiger partial charge in [-0.25, -0.2) is 0 Å². The van der Waals surface area contributed by atoms with Gasteiger partial charge in [0.1, 0.15) is 10.7 Å². The molecule has 0 aliphatic carbocycles. The number of hydrogen-bond donors (Lipinski definition) is 3.